The second kappa shape index (κ2) is 8.82. The summed E-state index contributed by atoms with van der Waals surface area (Å²) in [5.74, 6) is 0. The number of hydrogen-bond donors (Lipinski definition) is 1. The molecule has 0 spiro atoms. The van der Waals surface area contributed by atoms with E-state index in [1.807, 2.05) is 24.3 Å². The Kier molecular flexibility index (Phi) is 6.76. The summed E-state index contributed by atoms with van der Waals surface area (Å²) in [6, 6.07) is 7.68. The number of anilines is 1. The van der Waals surface area contributed by atoms with Gasteiger partial charge in [-0.1, -0.05) is 17.7 Å². The fourth-order valence-electron chi connectivity index (χ4n) is 2.28. The van der Waals surface area contributed by atoms with Gasteiger partial charge in [-0.3, -0.25) is 0 Å². The summed E-state index contributed by atoms with van der Waals surface area (Å²) in [7, 11) is 1.61. The van der Waals surface area contributed by atoms with Crippen molar-refractivity contribution in [3.05, 3.63) is 29.3 Å². The van der Waals surface area contributed by atoms with Crippen molar-refractivity contribution in [1.82, 2.24) is 10.2 Å². The average Bonchev–Trinajstić information content (AvgIpc) is 2.54. The van der Waals surface area contributed by atoms with E-state index >= 15 is 0 Å². The van der Waals surface area contributed by atoms with Crippen LogP contribution in [0.15, 0.2) is 24.3 Å². The lowest BCUT2D eigenvalue weighted by Gasteiger charge is -2.36. The smallest absolute Gasteiger partial charge is 0.319 e. The van der Waals surface area contributed by atoms with Gasteiger partial charge in [0.2, 0.25) is 0 Å². The van der Waals surface area contributed by atoms with Crippen molar-refractivity contribution in [1.29, 1.82) is 0 Å². The fraction of sp³-hybridized carbons (Fsp3) is 0.533. The molecule has 7 heteroatoms. The van der Waals surface area contributed by atoms with Crippen molar-refractivity contribution in [2.24, 2.45) is 0 Å². The van der Waals surface area contributed by atoms with Gasteiger partial charge in [-0.05, 0) is 18.2 Å². The maximum Gasteiger partial charge on any atom is 0.319 e. The van der Waals surface area contributed by atoms with Crippen molar-refractivity contribution in [3.8, 4) is 0 Å². The third-order valence-corrected chi connectivity index (χ3v) is 3.73. The van der Waals surface area contributed by atoms with Gasteiger partial charge in [-0.2, -0.15) is 0 Å². The van der Waals surface area contributed by atoms with E-state index in [0.29, 0.717) is 26.3 Å². The Morgan fingerprint density at radius 1 is 1.27 bits per heavy atom. The van der Waals surface area contributed by atoms with Crippen LogP contribution in [0.25, 0.3) is 0 Å². The van der Waals surface area contributed by atoms with Crippen molar-refractivity contribution in [2.75, 3.05) is 58.1 Å². The Bertz CT molecular complexity index is 479. The van der Waals surface area contributed by atoms with Gasteiger partial charge in [-0.15, -0.1) is 0 Å². The normalized spacial score (nSPS) is 15.0. The predicted molar refractivity (Wildman–Crippen MR) is 86.5 cm³/mol. The average molecular weight is 328 g/mol. The van der Waals surface area contributed by atoms with Crippen LogP contribution >= 0.6 is 11.6 Å². The molecule has 1 aromatic rings. The molecule has 122 valence electrons. The number of carbonyl (C=O) groups is 1. The van der Waals surface area contributed by atoms with Gasteiger partial charge in [-0.25, -0.2) is 4.79 Å². The SMILES string of the molecule is COCCOCNC(=O)N1CCN(c2cccc(Cl)c2)CC1. The number of nitrogens with zero attached hydrogens (tertiary/aromatic N) is 2. The number of benzene rings is 1. The maximum atomic E-state index is 12.0. The minimum absolute atomic E-state index is 0.0943. The first-order chi connectivity index (χ1) is 10.7. The molecule has 1 heterocycles. The molecule has 1 N–H and O–H groups in total. The van der Waals surface area contributed by atoms with E-state index in [9.17, 15) is 4.79 Å². The summed E-state index contributed by atoms with van der Waals surface area (Å²) in [5, 5.41) is 3.47. The highest BCUT2D eigenvalue weighted by Crippen LogP contribution is 2.20. The van der Waals surface area contributed by atoms with Gasteiger partial charge >= 0.3 is 6.03 Å². The molecule has 0 radical (unpaired) electrons. The summed E-state index contributed by atoms with van der Waals surface area (Å²) in [4.78, 5) is 16.0. The van der Waals surface area contributed by atoms with E-state index in [-0.39, 0.29) is 12.8 Å². The van der Waals surface area contributed by atoms with Crippen LogP contribution in [0, 0.1) is 0 Å². The van der Waals surface area contributed by atoms with Crippen molar-refractivity contribution in [2.45, 2.75) is 0 Å². The van der Waals surface area contributed by atoms with Crippen LogP contribution in [0.3, 0.4) is 0 Å². The van der Waals surface area contributed by atoms with E-state index in [2.05, 4.69) is 10.2 Å². The Balaban J connectivity index is 1.71. The van der Waals surface area contributed by atoms with Crippen LogP contribution in [-0.4, -0.2) is 64.2 Å². The highest BCUT2D eigenvalue weighted by atomic mass is 35.5. The number of halogens is 1. The molecule has 1 aromatic carbocycles. The van der Waals surface area contributed by atoms with Crippen molar-refractivity contribution < 1.29 is 14.3 Å². The van der Waals surface area contributed by atoms with Crippen molar-refractivity contribution in [3.63, 3.8) is 0 Å². The summed E-state index contributed by atoms with van der Waals surface area (Å²) >= 11 is 6.01. The van der Waals surface area contributed by atoms with E-state index in [1.54, 1.807) is 12.0 Å². The zero-order chi connectivity index (χ0) is 15.8. The number of nitrogens with one attached hydrogen (secondary N) is 1. The fourth-order valence-corrected chi connectivity index (χ4v) is 2.46. The topological polar surface area (TPSA) is 54.0 Å². The van der Waals surface area contributed by atoms with Crippen molar-refractivity contribution >= 4 is 23.3 Å². The number of amides is 2. The molecule has 0 saturated carbocycles. The quantitative estimate of drug-likeness (QED) is 0.639. The molecule has 0 aliphatic carbocycles. The van der Waals surface area contributed by atoms with E-state index < -0.39 is 0 Å². The van der Waals surface area contributed by atoms with Gasteiger partial charge in [0.15, 0.2) is 0 Å². The first-order valence-electron chi connectivity index (χ1n) is 7.30. The van der Waals surface area contributed by atoms with Gasteiger partial charge in [0.1, 0.15) is 6.73 Å². The largest absolute Gasteiger partial charge is 0.382 e. The van der Waals surface area contributed by atoms with Gasteiger partial charge in [0.25, 0.3) is 0 Å². The molecule has 22 heavy (non-hydrogen) atoms. The predicted octanol–water partition coefficient (Wildman–Crippen LogP) is 1.79. The monoisotopic (exact) mass is 327 g/mol. The van der Waals surface area contributed by atoms with Crippen LogP contribution in [0.1, 0.15) is 0 Å². The molecule has 1 saturated heterocycles. The highest BCUT2D eigenvalue weighted by molar-refractivity contribution is 6.30. The van der Waals surface area contributed by atoms with Gasteiger partial charge in [0, 0.05) is 44.0 Å². The lowest BCUT2D eigenvalue weighted by Crippen LogP contribution is -2.52. The zero-order valence-electron chi connectivity index (χ0n) is 12.8. The third kappa shape index (κ3) is 5.05. The molecule has 1 fully saturated rings. The Morgan fingerprint density at radius 2 is 2.05 bits per heavy atom. The number of carbonyl (C=O) groups excluding carboxylic acids is 1. The summed E-state index contributed by atoms with van der Waals surface area (Å²) < 4.78 is 10.1. The van der Waals surface area contributed by atoms with E-state index in [1.165, 1.54) is 0 Å². The first-order valence-corrected chi connectivity index (χ1v) is 7.68. The van der Waals surface area contributed by atoms with Crippen LogP contribution in [0.4, 0.5) is 10.5 Å². The number of piperazine rings is 1. The third-order valence-electron chi connectivity index (χ3n) is 3.50. The van der Waals surface area contributed by atoms with E-state index in [4.69, 9.17) is 21.1 Å². The molecule has 1 aliphatic rings. The Hall–Kier alpha value is -1.50. The molecule has 0 aromatic heterocycles. The van der Waals surface area contributed by atoms with Gasteiger partial charge in [0.05, 0.1) is 13.2 Å². The molecule has 1 aliphatic heterocycles. The standard InChI is InChI=1S/C15H22ClN3O3/c1-21-9-10-22-12-17-15(20)19-7-5-18(6-8-19)14-4-2-3-13(16)11-14/h2-4,11H,5-10,12H2,1H3,(H,17,20). The first kappa shape index (κ1) is 16.9. The zero-order valence-corrected chi connectivity index (χ0v) is 13.5. The molecule has 0 unspecified atom stereocenters. The second-order valence-corrected chi connectivity index (χ2v) is 5.42. The second-order valence-electron chi connectivity index (χ2n) is 4.98. The number of methoxy groups -OCH3 is 1. The number of urea groups is 1. The summed E-state index contributed by atoms with van der Waals surface area (Å²) in [5.41, 5.74) is 1.09. The van der Waals surface area contributed by atoms with Crippen LogP contribution in [0.5, 0.6) is 0 Å². The van der Waals surface area contributed by atoms with Crippen LogP contribution in [0.2, 0.25) is 5.02 Å². The molecule has 0 atom stereocenters. The Labute approximate surface area is 135 Å². The minimum atomic E-state index is -0.0943. The minimum Gasteiger partial charge on any atom is -0.382 e. The van der Waals surface area contributed by atoms with Crippen LogP contribution < -0.4 is 10.2 Å². The maximum absolute atomic E-state index is 12.0. The Morgan fingerprint density at radius 3 is 2.73 bits per heavy atom. The lowest BCUT2D eigenvalue weighted by atomic mass is 10.2. The number of ether oxygens (including phenoxy) is 2. The lowest BCUT2D eigenvalue weighted by molar-refractivity contribution is 0.0615. The summed E-state index contributed by atoms with van der Waals surface area (Å²) in [6.45, 7) is 4.13. The molecule has 6 nitrogen and oxygen atoms in total. The molecule has 0 bridgehead atoms. The molecular formula is C15H22ClN3O3. The highest BCUT2D eigenvalue weighted by Gasteiger charge is 2.21. The number of hydrogen-bond acceptors (Lipinski definition) is 4. The molecular weight excluding hydrogens is 306 g/mol. The number of rotatable bonds is 6. The van der Waals surface area contributed by atoms with Gasteiger partial charge < -0.3 is 24.6 Å². The summed E-state index contributed by atoms with van der Waals surface area (Å²) in [6.07, 6.45) is 0. The van der Waals surface area contributed by atoms with Crippen LogP contribution in [-0.2, 0) is 9.47 Å². The molecule has 2 rings (SSSR count). The van der Waals surface area contributed by atoms with E-state index in [0.717, 1.165) is 23.8 Å². The molecule has 2 amide bonds.